The summed E-state index contributed by atoms with van der Waals surface area (Å²) in [5.41, 5.74) is 24.0. The molecular formula is C80H112O. The molecule has 81 heavy (non-hydrogen) atoms. The molecule has 0 bridgehead atoms. The summed E-state index contributed by atoms with van der Waals surface area (Å²) < 4.78 is 5.65. The van der Waals surface area contributed by atoms with Gasteiger partial charge in [0.15, 0.2) is 0 Å². The van der Waals surface area contributed by atoms with E-state index in [1.165, 1.54) is 126 Å². The number of methoxy groups -OCH3 is 1. The topological polar surface area (TPSA) is 9.23 Å². The van der Waals surface area contributed by atoms with Crippen molar-refractivity contribution in [3.05, 3.63) is 279 Å². The van der Waals surface area contributed by atoms with Crippen molar-refractivity contribution in [2.45, 2.75) is 189 Å². The predicted octanol–water partition coefficient (Wildman–Crippen LogP) is 25.5. The lowest BCUT2D eigenvalue weighted by Crippen LogP contribution is -2.02. The molecule has 0 heterocycles. The van der Waals surface area contributed by atoms with E-state index in [2.05, 4.69) is 242 Å². The average molecular weight is 1090 g/mol. The van der Waals surface area contributed by atoms with Gasteiger partial charge in [-0.25, -0.2) is 0 Å². The van der Waals surface area contributed by atoms with Gasteiger partial charge in [-0.2, -0.15) is 0 Å². The van der Waals surface area contributed by atoms with E-state index in [1.807, 2.05) is 72.8 Å². The summed E-state index contributed by atoms with van der Waals surface area (Å²) in [4.78, 5) is 0. The fourth-order valence-corrected chi connectivity index (χ4v) is 9.07. The quantitative estimate of drug-likeness (QED) is 0.115. The Morgan fingerprint density at radius 3 is 1.73 bits per heavy atom. The molecule has 0 saturated carbocycles. The lowest BCUT2D eigenvalue weighted by Gasteiger charge is -2.19. The van der Waals surface area contributed by atoms with Gasteiger partial charge in [0.25, 0.3) is 0 Å². The minimum Gasteiger partial charge on any atom is -0.501 e. The highest BCUT2D eigenvalue weighted by molar-refractivity contribution is 5.69. The van der Waals surface area contributed by atoms with Gasteiger partial charge >= 0.3 is 0 Å². The van der Waals surface area contributed by atoms with Crippen molar-refractivity contribution >= 4 is 5.57 Å². The molecule has 0 aliphatic heterocycles. The molecule has 0 radical (unpaired) electrons. The van der Waals surface area contributed by atoms with Crippen LogP contribution in [0.4, 0.5) is 0 Å². The largest absolute Gasteiger partial charge is 0.501 e. The molecule has 0 fully saturated rings. The van der Waals surface area contributed by atoms with E-state index in [4.69, 9.17) is 4.74 Å². The van der Waals surface area contributed by atoms with Gasteiger partial charge in [-0.15, -0.1) is 0 Å². The van der Waals surface area contributed by atoms with Gasteiger partial charge in [-0.05, 0) is 199 Å². The van der Waals surface area contributed by atoms with Crippen LogP contribution in [0.15, 0.2) is 262 Å². The lowest BCUT2D eigenvalue weighted by atomic mass is 9.86. The van der Waals surface area contributed by atoms with Crippen molar-refractivity contribution in [3.63, 3.8) is 0 Å². The van der Waals surface area contributed by atoms with Crippen LogP contribution in [0.25, 0.3) is 16.7 Å². The Kier molecular flexibility index (Phi) is 41.3. The molecule has 0 aromatic heterocycles. The maximum atomic E-state index is 5.65. The Morgan fingerprint density at radius 1 is 0.679 bits per heavy atom. The van der Waals surface area contributed by atoms with E-state index in [0.717, 1.165) is 44.3 Å². The summed E-state index contributed by atoms with van der Waals surface area (Å²) in [6, 6.07) is 27.9. The Hall–Kier alpha value is -6.70. The molecule has 3 aromatic carbocycles. The van der Waals surface area contributed by atoms with Crippen molar-refractivity contribution < 1.29 is 4.74 Å². The Morgan fingerprint density at radius 2 is 1.27 bits per heavy atom. The van der Waals surface area contributed by atoms with E-state index in [-0.39, 0.29) is 0 Å². The molecule has 0 saturated heterocycles. The van der Waals surface area contributed by atoms with Gasteiger partial charge in [0.1, 0.15) is 0 Å². The Bertz CT molecular complexity index is 2700. The second-order valence-corrected chi connectivity index (χ2v) is 20.2. The van der Waals surface area contributed by atoms with Crippen molar-refractivity contribution in [1.29, 1.82) is 0 Å². The average Bonchev–Trinajstić information content (AvgIpc) is 3.51. The number of hydrogen-bond donors (Lipinski definition) is 0. The van der Waals surface area contributed by atoms with E-state index < -0.39 is 0 Å². The van der Waals surface area contributed by atoms with E-state index in [9.17, 15) is 0 Å². The molecule has 0 amide bonds. The molecule has 4 aliphatic carbocycles. The van der Waals surface area contributed by atoms with Gasteiger partial charge in [-0.1, -0.05) is 279 Å². The van der Waals surface area contributed by atoms with E-state index in [1.54, 1.807) is 7.11 Å². The molecule has 7 rings (SSSR count). The van der Waals surface area contributed by atoms with Crippen LogP contribution in [0.3, 0.4) is 0 Å². The predicted molar refractivity (Wildman–Crippen MR) is 370 cm³/mol. The zero-order chi connectivity index (χ0) is 61.1. The van der Waals surface area contributed by atoms with E-state index >= 15 is 0 Å². The molecule has 1 nitrogen and oxygen atoms in total. The zero-order valence-electron chi connectivity index (χ0n) is 54.8. The number of unbranched alkanes of at least 4 members (excludes halogenated alkanes) is 1. The van der Waals surface area contributed by atoms with Gasteiger partial charge in [-0.3, -0.25) is 0 Å². The highest BCUT2D eigenvalue weighted by Gasteiger charge is 2.15. The lowest BCUT2D eigenvalue weighted by molar-refractivity contribution is 0.270. The van der Waals surface area contributed by atoms with Crippen LogP contribution in [-0.4, -0.2) is 7.11 Å². The van der Waals surface area contributed by atoms with Crippen molar-refractivity contribution in [1.82, 2.24) is 0 Å². The second-order valence-electron chi connectivity index (χ2n) is 20.2. The number of allylic oxidation sites excluding steroid dienone is 29. The minimum atomic E-state index is 0.690. The maximum Gasteiger partial charge on any atom is 0.0987 e. The van der Waals surface area contributed by atoms with Gasteiger partial charge < -0.3 is 4.74 Å². The number of hydrogen-bond acceptors (Lipinski definition) is 1. The molecule has 3 aromatic rings. The number of rotatable bonds is 14. The Balaban J connectivity index is 0.000000998. The smallest absolute Gasteiger partial charge is 0.0987 e. The fraction of sp³-hybridized carbons (Fsp3) is 0.375. The number of benzene rings is 3. The van der Waals surface area contributed by atoms with Crippen LogP contribution in [0, 0.1) is 19.8 Å². The van der Waals surface area contributed by atoms with Crippen LogP contribution in [0.2, 0.25) is 0 Å². The number of aryl methyl sites for hydroxylation is 2. The fourth-order valence-electron chi connectivity index (χ4n) is 9.07. The molecule has 1 atom stereocenters. The maximum absolute atomic E-state index is 5.65. The third kappa shape index (κ3) is 28.0. The third-order valence-electron chi connectivity index (χ3n) is 14.2. The van der Waals surface area contributed by atoms with Gasteiger partial charge in [0.2, 0.25) is 0 Å². The minimum absolute atomic E-state index is 0.690. The van der Waals surface area contributed by atoms with Crippen LogP contribution in [0.5, 0.6) is 0 Å². The van der Waals surface area contributed by atoms with Gasteiger partial charge in [0.05, 0.1) is 12.9 Å². The summed E-state index contributed by atoms with van der Waals surface area (Å²) in [5, 5.41) is 0. The molecule has 4 aliphatic rings. The van der Waals surface area contributed by atoms with Crippen LogP contribution < -0.4 is 0 Å². The normalized spacial score (nSPS) is 16.0. The van der Waals surface area contributed by atoms with Gasteiger partial charge in [0, 0.05) is 6.42 Å². The second kappa shape index (κ2) is 45.0. The summed E-state index contributed by atoms with van der Waals surface area (Å²) in [7, 11) is 1.78. The van der Waals surface area contributed by atoms with E-state index in [0.29, 0.717) is 5.92 Å². The summed E-state index contributed by atoms with van der Waals surface area (Å²) >= 11 is 0. The first-order valence-corrected chi connectivity index (χ1v) is 30.6. The summed E-state index contributed by atoms with van der Waals surface area (Å²) in [6.07, 6.45) is 43.7. The first-order chi connectivity index (χ1) is 39.1. The van der Waals surface area contributed by atoms with Crippen LogP contribution in [0.1, 0.15) is 192 Å². The molecule has 0 spiro atoms. The summed E-state index contributed by atoms with van der Waals surface area (Å²) in [6.45, 7) is 49.7. The first-order valence-electron chi connectivity index (χ1n) is 30.6. The Labute approximate surface area is 499 Å². The standard InChI is InChI=1S/C23H34O.C16H20.C14H14.C14H16.C7H10.3C2H6/c1-8-10-15-23(24-7)20(6)19(5)16-22(17(3)9-2)21-14-12-11-13-18(21)4;1-5-9-14(10-6-2)16-12-8-11-13(4)15(16)7-3;1-11-3-7-13(8-4-11)14-9-5-12(2)6-10-14;1-11-8-9-14(10-12(11)2)13-6-4-3-5-7-13;1-7-5-3-2-4-6-7;3*1-2/h9,11,13,16H,2,8,10,12,14-15H2,1,3-7H3;5-7,9-10,12H,1,3,8,11H2,2,4H3;3-10H,1-2H3;3-9,12H,10H2,1-2H3;3,5-6H,2,4H2,1H3;3*1-2H3/b19-16+,22-17+,23-20-;10-6-,14-9+;;;;;;. The van der Waals surface area contributed by atoms with Crippen molar-refractivity contribution in [2.75, 3.05) is 7.11 Å². The zero-order valence-corrected chi connectivity index (χ0v) is 54.8. The molecule has 1 unspecified atom stereocenters. The molecule has 0 N–H and O–H groups in total. The highest BCUT2D eigenvalue weighted by atomic mass is 16.5. The first kappa shape index (κ1) is 74.3. The molecule has 1 heteroatoms. The molecule has 438 valence electrons. The SMILES string of the molecule is C=C/C=C(\C=C/C)C1=CCCC(C)=C1C=C.C=C\C(C)=C(/C=C(C)/C(C)=C(/CCCC)OC)C1=C(C)C=CCC1.CC.CC.CC.CC1=CC=C(c2ccccc2)CC1C.CC1=CCCC=C1.Cc1ccc(-c2ccc(C)cc2)cc1. The van der Waals surface area contributed by atoms with Crippen molar-refractivity contribution in [3.8, 4) is 11.1 Å². The third-order valence-corrected chi connectivity index (χ3v) is 14.2. The molecular weight excluding hydrogens is 977 g/mol. The summed E-state index contributed by atoms with van der Waals surface area (Å²) in [5.74, 6) is 1.80. The van der Waals surface area contributed by atoms with Crippen LogP contribution in [-0.2, 0) is 4.74 Å². The monoisotopic (exact) mass is 1090 g/mol. The number of ether oxygens (including phenoxy) is 1. The van der Waals surface area contributed by atoms with Crippen LogP contribution >= 0.6 is 0 Å². The highest BCUT2D eigenvalue weighted by Crippen LogP contribution is 2.34. The van der Waals surface area contributed by atoms with Crippen molar-refractivity contribution in [2.24, 2.45) is 5.92 Å².